The van der Waals surface area contributed by atoms with Gasteiger partial charge in [0.05, 0.1) is 0 Å². The van der Waals surface area contributed by atoms with E-state index in [2.05, 4.69) is 45.5 Å². The minimum atomic E-state index is -0.146. The number of aryl methyl sites for hydroxylation is 1. The molecule has 0 saturated carbocycles. The molecule has 0 aliphatic carbocycles. The first kappa shape index (κ1) is 15.2. The van der Waals surface area contributed by atoms with E-state index >= 15 is 0 Å². The summed E-state index contributed by atoms with van der Waals surface area (Å²) >= 11 is 3.40. The topological polar surface area (TPSA) is 12.0 Å². The van der Waals surface area contributed by atoms with Crippen LogP contribution in [-0.2, 0) is 6.42 Å². The van der Waals surface area contributed by atoms with Gasteiger partial charge in [0.15, 0.2) is 0 Å². The average Bonchev–Trinajstić information content (AvgIpc) is 2.48. The van der Waals surface area contributed by atoms with Crippen molar-refractivity contribution in [1.82, 2.24) is 5.32 Å². The molecule has 0 spiro atoms. The highest BCUT2D eigenvalue weighted by Gasteiger charge is 2.14. The monoisotopic (exact) mass is 335 g/mol. The molecule has 0 saturated heterocycles. The van der Waals surface area contributed by atoms with Crippen molar-refractivity contribution in [2.75, 3.05) is 7.05 Å². The zero-order valence-electron chi connectivity index (χ0n) is 11.6. The van der Waals surface area contributed by atoms with E-state index in [4.69, 9.17) is 0 Å². The number of rotatable bonds is 6. The Labute approximate surface area is 128 Å². The normalized spacial score (nSPS) is 12.3. The molecule has 3 heteroatoms. The van der Waals surface area contributed by atoms with Crippen molar-refractivity contribution in [1.29, 1.82) is 0 Å². The van der Waals surface area contributed by atoms with Crippen LogP contribution in [-0.4, -0.2) is 7.05 Å². The molecular weight excluding hydrogens is 317 g/mol. The predicted octanol–water partition coefficient (Wildman–Crippen LogP) is 4.87. The lowest BCUT2D eigenvalue weighted by Crippen LogP contribution is -2.18. The lowest BCUT2D eigenvalue weighted by atomic mass is 9.99. The Morgan fingerprint density at radius 3 is 2.60 bits per heavy atom. The van der Waals surface area contributed by atoms with Crippen molar-refractivity contribution in [3.8, 4) is 0 Å². The predicted molar refractivity (Wildman–Crippen MR) is 85.3 cm³/mol. The molecule has 1 atom stereocenters. The van der Waals surface area contributed by atoms with E-state index in [9.17, 15) is 4.39 Å². The van der Waals surface area contributed by atoms with E-state index in [0.717, 1.165) is 29.3 Å². The molecule has 0 amide bonds. The van der Waals surface area contributed by atoms with Crippen LogP contribution in [0.4, 0.5) is 4.39 Å². The second-order valence-corrected chi connectivity index (χ2v) is 5.80. The molecular formula is C17H19BrFN. The fraction of sp³-hybridized carbons (Fsp3) is 0.294. The molecule has 0 fully saturated rings. The SMILES string of the molecule is CNC(CCCc1ccccc1)c1cc(Br)ccc1F. The highest BCUT2D eigenvalue weighted by molar-refractivity contribution is 9.10. The van der Waals surface area contributed by atoms with Gasteiger partial charge in [-0.1, -0.05) is 46.3 Å². The standard InChI is InChI=1S/C17H19BrFN/c1-20-17(15-12-14(18)10-11-16(15)19)9-5-8-13-6-3-2-4-7-13/h2-4,6-7,10-12,17,20H,5,8-9H2,1H3. The molecule has 1 unspecified atom stereocenters. The maximum absolute atomic E-state index is 13.9. The number of hydrogen-bond donors (Lipinski definition) is 1. The average molecular weight is 336 g/mol. The van der Waals surface area contributed by atoms with Crippen molar-refractivity contribution >= 4 is 15.9 Å². The zero-order valence-corrected chi connectivity index (χ0v) is 13.2. The van der Waals surface area contributed by atoms with Gasteiger partial charge in [0.2, 0.25) is 0 Å². The molecule has 1 N–H and O–H groups in total. The summed E-state index contributed by atoms with van der Waals surface area (Å²) in [4.78, 5) is 0. The smallest absolute Gasteiger partial charge is 0.128 e. The molecule has 20 heavy (non-hydrogen) atoms. The van der Waals surface area contributed by atoms with Crippen LogP contribution in [0, 0.1) is 5.82 Å². The summed E-state index contributed by atoms with van der Waals surface area (Å²) in [6, 6.07) is 15.6. The summed E-state index contributed by atoms with van der Waals surface area (Å²) < 4.78 is 14.8. The third-order valence-electron chi connectivity index (χ3n) is 3.48. The Bertz CT molecular complexity index is 542. The number of hydrogen-bond acceptors (Lipinski definition) is 1. The third kappa shape index (κ3) is 4.15. The first-order chi connectivity index (χ1) is 9.70. The Kier molecular flexibility index (Phi) is 5.74. The summed E-state index contributed by atoms with van der Waals surface area (Å²) in [5.74, 6) is -0.146. The Morgan fingerprint density at radius 1 is 1.15 bits per heavy atom. The molecule has 0 aliphatic rings. The number of halogens is 2. The van der Waals surface area contributed by atoms with E-state index in [-0.39, 0.29) is 11.9 Å². The third-order valence-corrected chi connectivity index (χ3v) is 3.98. The highest BCUT2D eigenvalue weighted by Crippen LogP contribution is 2.25. The molecule has 0 aromatic heterocycles. The van der Waals surface area contributed by atoms with Crippen molar-refractivity contribution in [3.05, 3.63) is 69.9 Å². The van der Waals surface area contributed by atoms with E-state index in [1.807, 2.05) is 19.2 Å². The fourth-order valence-electron chi connectivity index (χ4n) is 2.39. The molecule has 2 rings (SSSR count). The van der Waals surface area contributed by atoms with Gasteiger partial charge in [0.25, 0.3) is 0 Å². The lowest BCUT2D eigenvalue weighted by molar-refractivity contribution is 0.494. The van der Waals surface area contributed by atoms with Gasteiger partial charge in [0.1, 0.15) is 5.82 Å². The van der Waals surface area contributed by atoms with Crippen LogP contribution in [0.1, 0.15) is 30.0 Å². The summed E-state index contributed by atoms with van der Waals surface area (Å²) in [5, 5.41) is 3.21. The van der Waals surface area contributed by atoms with Gasteiger partial charge in [-0.05, 0) is 50.1 Å². The van der Waals surface area contributed by atoms with E-state index < -0.39 is 0 Å². The largest absolute Gasteiger partial charge is 0.313 e. The molecule has 2 aromatic carbocycles. The van der Waals surface area contributed by atoms with Crippen molar-refractivity contribution in [3.63, 3.8) is 0 Å². The molecule has 0 bridgehead atoms. The van der Waals surface area contributed by atoms with Crippen LogP contribution in [0.3, 0.4) is 0 Å². The van der Waals surface area contributed by atoms with Gasteiger partial charge >= 0.3 is 0 Å². The second-order valence-electron chi connectivity index (χ2n) is 4.88. The van der Waals surface area contributed by atoms with Gasteiger partial charge in [-0.15, -0.1) is 0 Å². The maximum Gasteiger partial charge on any atom is 0.128 e. The summed E-state index contributed by atoms with van der Waals surface area (Å²) in [7, 11) is 1.88. The number of benzene rings is 2. The molecule has 106 valence electrons. The van der Waals surface area contributed by atoms with E-state index in [1.165, 1.54) is 11.6 Å². The van der Waals surface area contributed by atoms with Crippen LogP contribution in [0.15, 0.2) is 53.0 Å². The van der Waals surface area contributed by atoms with Gasteiger partial charge in [-0.3, -0.25) is 0 Å². The second kappa shape index (κ2) is 7.55. The van der Waals surface area contributed by atoms with Crippen LogP contribution in [0.5, 0.6) is 0 Å². The van der Waals surface area contributed by atoms with E-state index in [1.54, 1.807) is 6.07 Å². The minimum absolute atomic E-state index is 0.0520. The van der Waals surface area contributed by atoms with Gasteiger partial charge in [-0.25, -0.2) is 4.39 Å². The van der Waals surface area contributed by atoms with Crippen LogP contribution in [0.2, 0.25) is 0 Å². The quantitative estimate of drug-likeness (QED) is 0.793. The summed E-state index contributed by atoms with van der Waals surface area (Å²) in [6.45, 7) is 0. The van der Waals surface area contributed by atoms with Gasteiger partial charge in [-0.2, -0.15) is 0 Å². The first-order valence-electron chi connectivity index (χ1n) is 6.87. The van der Waals surface area contributed by atoms with Crippen LogP contribution >= 0.6 is 15.9 Å². The van der Waals surface area contributed by atoms with Gasteiger partial charge < -0.3 is 5.32 Å². The van der Waals surface area contributed by atoms with E-state index in [0.29, 0.717) is 0 Å². The number of nitrogens with one attached hydrogen (secondary N) is 1. The Balaban J connectivity index is 1.97. The summed E-state index contributed by atoms with van der Waals surface area (Å²) in [5.41, 5.74) is 2.06. The van der Waals surface area contributed by atoms with Crippen molar-refractivity contribution in [2.24, 2.45) is 0 Å². The Morgan fingerprint density at radius 2 is 1.90 bits per heavy atom. The van der Waals surface area contributed by atoms with Crippen molar-refractivity contribution in [2.45, 2.75) is 25.3 Å². The molecule has 2 aromatic rings. The lowest BCUT2D eigenvalue weighted by Gasteiger charge is -2.17. The van der Waals surface area contributed by atoms with Crippen LogP contribution in [0.25, 0.3) is 0 Å². The molecule has 1 nitrogen and oxygen atoms in total. The summed E-state index contributed by atoms with van der Waals surface area (Å²) in [6.07, 6.45) is 2.97. The van der Waals surface area contributed by atoms with Crippen molar-refractivity contribution < 1.29 is 4.39 Å². The van der Waals surface area contributed by atoms with Crippen LogP contribution < -0.4 is 5.32 Å². The fourth-order valence-corrected chi connectivity index (χ4v) is 2.77. The molecule has 0 aliphatic heterocycles. The minimum Gasteiger partial charge on any atom is -0.313 e. The Hall–Kier alpha value is -1.19. The highest BCUT2D eigenvalue weighted by atomic mass is 79.9. The maximum atomic E-state index is 13.9. The molecule has 0 heterocycles. The zero-order chi connectivity index (χ0) is 14.4. The first-order valence-corrected chi connectivity index (χ1v) is 7.66. The van der Waals surface area contributed by atoms with Gasteiger partial charge in [0, 0.05) is 16.1 Å². The molecule has 0 radical (unpaired) electrons.